The lowest BCUT2D eigenvalue weighted by atomic mass is 10.1. The molecule has 0 bridgehead atoms. The molecule has 3 rings (SSSR count). The summed E-state index contributed by atoms with van der Waals surface area (Å²) in [5.41, 5.74) is 2.86. The molecule has 25 heavy (non-hydrogen) atoms. The highest BCUT2D eigenvalue weighted by atomic mass is 32.2. The van der Waals surface area contributed by atoms with Crippen molar-refractivity contribution in [2.24, 2.45) is 0 Å². The largest absolute Gasteiger partial charge is 0.372 e. The number of carbonyl (C=O) groups excluding carboxylic acids is 1. The molecule has 4 nitrogen and oxygen atoms in total. The highest BCUT2D eigenvalue weighted by molar-refractivity contribution is 7.85. The minimum absolute atomic E-state index is 0.0748. The van der Waals surface area contributed by atoms with E-state index in [4.69, 9.17) is 0 Å². The summed E-state index contributed by atoms with van der Waals surface area (Å²) in [5, 5.41) is 2.94. The Balaban J connectivity index is 1.56. The molecule has 0 saturated carbocycles. The van der Waals surface area contributed by atoms with E-state index < -0.39 is 10.8 Å². The Morgan fingerprint density at radius 2 is 1.68 bits per heavy atom. The Morgan fingerprint density at radius 1 is 1.04 bits per heavy atom. The second-order valence-electron chi connectivity index (χ2n) is 6.20. The van der Waals surface area contributed by atoms with Crippen LogP contribution in [0.3, 0.4) is 0 Å². The van der Waals surface area contributed by atoms with Crippen LogP contribution in [-0.2, 0) is 17.3 Å². The van der Waals surface area contributed by atoms with Crippen LogP contribution in [0.4, 0.5) is 5.69 Å². The molecule has 1 amide bonds. The first-order valence-corrected chi connectivity index (χ1v) is 10.1. The van der Waals surface area contributed by atoms with Gasteiger partial charge in [-0.3, -0.25) is 9.00 Å². The van der Waals surface area contributed by atoms with Gasteiger partial charge in [-0.1, -0.05) is 19.1 Å². The molecule has 1 fully saturated rings. The van der Waals surface area contributed by atoms with Crippen molar-refractivity contribution in [1.82, 2.24) is 5.32 Å². The Morgan fingerprint density at radius 3 is 2.28 bits per heavy atom. The fourth-order valence-corrected chi connectivity index (χ4v) is 3.78. The molecule has 1 aliphatic heterocycles. The summed E-state index contributed by atoms with van der Waals surface area (Å²) in [6.45, 7) is 4.57. The van der Waals surface area contributed by atoms with Crippen LogP contribution in [-0.4, -0.2) is 29.0 Å². The predicted molar refractivity (Wildman–Crippen MR) is 102 cm³/mol. The van der Waals surface area contributed by atoms with Gasteiger partial charge in [-0.15, -0.1) is 0 Å². The standard InChI is InChI=1S/C20H24N2O2S/c1-2-25(24)19-11-5-16(6-12-19)15-21-20(23)17-7-9-18(10-8-17)22-13-3-4-14-22/h5-12H,2-4,13-15H2,1H3,(H,21,23). The first-order valence-electron chi connectivity index (χ1n) is 8.78. The average molecular weight is 356 g/mol. The zero-order valence-electron chi connectivity index (χ0n) is 14.5. The molecule has 5 heteroatoms. The summed E-state index contributed by atoms with van der Waals surface area (Å²) in [6, 6.07) is 15.4. The number of anilines is 1. The number of nitrogens with one attached hydrogen (secondary N) is 1. The second kappa shape index (κ2) is 8.30. The number of amides is 1. The quantitative estimate of drug-likeness (QED) is 0.864. The molecule has 0 aromatic heterocycles. The van der Waals surface area contributed by atoms with Crippen molar-refractivity contribution in [2.45, 2.75) is 31.2 Å². The van der Waals surface area contributed by atoms with E-state index in [1.165, 1.54) is 18.5 Å². The third-order valence-electron chi connectivity index (χ3n) is 4.50. The number of hydrogen-bond acceptors (Lipinski definition) is 3. The number of nitrogens with zero attached hydrogens (tertiary/aromatic N) is 1. The summed E-state index contributed by atoms with van der Waals surface area (Å²) in [4.78, 5) is 15.5. The van der Waals surface area contributed by atoms with Gasteiger partial charge in [0.1, 0.15) is 0 Å². The summed E-state index contributed by atoms with van der Waals surface area (Å²) in [5.74, 6) is 0.540. The highest BCUT2D eigenvalue weighted by Crippen LogP contribution is 2.20. The van der Waals surface area contributed by atoms with Gasteiger partial charge in [-0.2, -0.15) is 0 Å². The van der Waals surface area contributed by atoms with E-state index in [0.29, 0.717) is 17.9 Å². The van der Waals surface area contributed by atoms with Gasteiger partial charge in [0.25, 0.3) is 5.91 Å². The van der Waals surface area contributed by atoms with Gasteiger partial charge in [-0.05, 0) is 54.8 Å². The minimum Gasteiger partial charge on any atom is -0.372 e. The van der Waals surface area contributed by atoms with Crippen molar-refractivity contribution in [2.75, 3.05) is 23.7 Å². The maximum Gasteiger partial charge on any atom is 0.251 e. The van der Waals surface area contributed by atoms with Crippen LogP contribution in [0.1, 0.15) is 35.7 Å². The van der Waals surface area contributed by atoms with Gasteiger partial charge in [0.15, 0.2) is 0 Å². The van der Waals surface area contributed by atoms with E-state index in [1.54, 1.807) is 0 Å². The molecule has 1 atom stereocenters. The molecule has 0 aliphatic carbocycles. The van der Waals surface area contributed by atoms with Crippen LogP contribution in [0.5, 0.6) is 0 Å². The second-order valence-corrected chi connectivity index (χ2v) is 7.94. The first kappa shape index (κ1) is 17.7. The summed E-state index contributed by atoms with van der Waals surface area (Å²) in [7, 11) is -0.936. The van der Waals surface area contributed by atoms with Gasteiger partial charge < -0.3 is 10.2 Å². The zero-order valence-corrected chi connectivity index (χ0v) is 15.3. The Bertz CT molecular complexity index is 735. The van der Waals surface area contributed by atoms with Crippen LogP contribution in [0.15, 0.2) is 53.4 Å². The zero-order chi connectivity index (χ0) is 17.6. The molecular formula is C20H24N2O2S. The molecule has 1 unspecified atom stereocenters. The fraction of sp³-hybridized carbons (Fsp3) is 0.350. The SMILES string of the molecule is CCS(=O)c1ccc(CNC(=O)c2ccc(N3CCCC3)cc2)cc1. The third-order valence-corrected chi connectivity index (χ3v) is 5.82. The smallest absolute Gasteiger partial charge is 0.251 e. The maximum atomic E-state index is 12.3. The maximum absolute atomic E-state index is 12.3. The lowest BCUT2D eigenvalue weighted by molar-refractivity contribution is 0.0951. The molecule has 1 N–H and O–H groups in total. The number of carbonyl (C=O) groups is 1. The van der Waals surface area contributed by atoms with Crippen molar-refractivity contribution in [3.63, 3.8) is 0 Å². The van der Waals surface area contributed by atoms with Gasteiger partial charge in [-0.25, -0.2) is 0 Å². The monoisotopic (exact) mass is 356 g/mol. The lowest BCUT2D eigenvalue weighted by Gasteiger charge is -2.17. The van der Waals surface area contributed by atoms with Gasteiger partial charge in [0.2, 0.25) is 0 Å². The summed E-state index contributed by atoms with van der Waals surface area (Å²) < 4.78 is 11.7. The molecule has 2 aromatic carbocycles. The van der Waals surface area contributed by atoms with Crippen LogP contribution in [0.2, 0.25) is 0 Å². The van der Waals surface area contributed by atoms with E-state index in [-0.39, 0.29) is 5.91 Å². The molecule has 1 saturated heterocycles. The molecule has 132 valence electrons. The van der Waals surface area contributed by atoms with Crippen molar-refractivity contribution in [3.8, 4) is 0 Å². The first-order chi connectivity index (χ1) is 12.2. The number of rotatable bonds is 6. The van der Waals surface area contributed by atoms with E-state index in [0.717, 1.165) is 23.5 Å². The molecule has 2 aromatic rings. The van der Waals surface area contributed by atoms with Gasteiger partial charge in [0.05, 0.1) is 10.8 Å². The number of benzene rings is 2. The Hall–Kier alpha value is -2.14. The van der Waals surface area contributed by atoms with Crippen molar-refractivity contribution < 1.29 is 9.00 Å². The molecule has 0 spiro atoms. The van der Waals surface area contributed by atoms with Crippen LogP contribution < -0.4 is 10.2 Å². The Kier molecular flexibility index (Phi) is 5.87. The highest BCUT2D eigenvalue weighted by Gasteiger charge is 2.13. The summed E-state index contributed by atoms with van der Waals surface area (Å²) in [6.07, 6.45) is 2.49. The molecule has 0 radical (unpaired) electrons. The van der Waals surface area contributed by atoms with E-state index >= 15 is 0 Å². The molecular weight excluding hydrogens is 332 g/mol. The molecule has 1 aliphatic rings. The van der Waals surface area contributed by atoms with E-state index in [1.807, 2.05) is 55.5 Å². The minimum atomic E-state index is -0.936. The van der Waals surface area contributed by atoms with E-state index in [9.17, 15) is 9.00 Å². The van der Waals surface area contributed by atoms with Gasteiger partial charge in [0, 0.05) is 41.5 Å². The van der Waals surface area contributed by atoms with E-state index in [2.05, 4.69) is 10.2 Å². The van der Waals surface area contributed by atoms with Crippen LogP contribution in [0, 0.1) is 0 Å². The van der Waals surface area contributed by atoms with Gasteiger partial charge >= 0.3 is 0 Å². The Labute approximate surface area is 151 Å². The average Bonchev–Trinajstić information content (AvgIpc) is 3.21. The van der Waals surface area contributed by atoms with Crippen LogP contribution >= 0.6 is 0 Å². The molecule has 1 heterocycles. The topological polar surface area (TPSA) is 49.4 Å². The third kappa shape index (κ3) is 4.48. The number of hydrogen-bond donors (Lipinski definition) is 1. The fourth-order valence-electron chi connectivity index (χ4n) is 3.01. The summed E-state index contributed by atoms with van der Waals surface area (Å²) >= 11 is 0. The van der Waals surface area contributed by atoms with Crippen LogP contribution in [0.25, 0.3) is 0 Å². The van der Waals surface area contributed by atoms with Crippen molar-refractivity contribution >= 4 is 22.4 Å². The normalized spacial score (nSPS) is 15.2. The van der Waals surface area contributed by atoms with Crippen molar-refractivity contribution in [1.29, 1.82) is 0 Å². The lowest BCUT2D eigenvalue weighted by Crippen LogP contribution is -2.23. The predicted octanol–water partition coefficient (Wildman–Crippen LogP) is 3.34. The van der Waals surface area contributed by atoms with Crippen molar-refractivity contribution in [3.05, 3.63) is 59.7 Å².